The summed E-state index contributed by atoms with van der Waals surface area (Å²) >= 11 is 10.1. The number of nitrogens with zero attached hydrogens (tertiary/aromatic N) is 1. The van der Waals surface area contributed by atoms with Crippen molar-refractivity contribution >= 4 is 60.2 Å². The van der Waals surface area contributed by atoms with Crippen LogP contribution in [0.15, 0.2) is 19.5 Å². The molecule has 0 radical (unpaired) electrons. The van der Waals surface area contributed by atoms with Gasteiger partial charge in [-0.2, -0.15) is 0 Å². The molecule has 3 nitrogen and oxygen atoms in total. The fourth-order valence-electron chi connectivity index (χ4n) is 2.25. The van der Waals surface area contributed by atoms with Gasteiger partial charge in [0.1, 0.15) is 12.4 Å². The number of halogens is 5. The van der Waals surface area contributed by atoms with Crippen molar-refractivity contribution in [3.8, 4) is 5.75 Å². The van der Waals surface area contributed by atoms with Crippen LogP contribution in [0.1, 0.15) is 11.6 Å². The molecule has 2 rings (SSSR count). The summed E-state index contributed by atoms with van der Waals surface area (Å²) in [6.07, 6.45) is 0. The van der Waals surface area contributed by atoms with E-state index in [1.54, 1.807) is 6.07 Å². The van der Waals surface area contributed by atoms with E-state index in [1.807, 2.05) is 0 Å². The largest absolute Gasteiger partial charge is 0.506 e. The molecule has 0 bridgehead atoms. The summed E-state index contributed by atoms with van der Waals surface area (Å²) in [6, 6.07) is 1.39. The monoisotopic (exact) mass is 494 g/mol. The number of alkyl halides is 1. The molecule has 1 atom stereocenters. The quantitative estimate of drug-likeness (QED) is 0.663. The lowest BCUT2D eigenvalue weighted by Gasteiger charge is -2.34. The predicted octanol–water partition coefficient (Wildman–Crippen LogP) is 4.02. The highest BCUT2D eigenvalue weighted by atomic mass is 79.9. The van der Waals surface area contributed by atoms with Gasteiger partial charge in [0.15, 0.2) is 0 Å². The molecule has 1 aliphatic rings. The molecule has 0 aromatic heterocycles. The van der Waals surface area contributed by atoms with Gasteiger partial charge in [-0.05, 0) is 37.9 Å². The number of hydrogen-bond donors (Lipinski definition) is 2. The standard InChI is InChI=1S/C12H14Br3FN2O.ClH/c13-7-5-8(14)12(19)11(15)10(7)9(6-16)18-3-1-17-2-4-18;/h5,9,17,19H,1-4,6H2;1H/t9-;/m1./s1. The highest BCUT2D eigenvalue weighted by Crippen LogP contribution is 2.43. The Balaban J connectivity index is 0.00000200. The lowest BCUT2D eigenvalue weighted by Crippen LogP contribution is -2.45. The first kappa shape index (κ1) is 18.6. The van der Waals surface area contributed by atoms with Crippen LogP contribution in [0.3, 0.4) is 0 Å². The number of piperazine rings is 1. The molecule has 0 saturated carbocycles. The van der Waals surface area contributed by atoms with Crippen LogP contribution in [-0.4, -0.2) is 42.9 Å². The summed E-state index contributed by atoms with van der Waals surface area (Å²) in [6.45, 7) is 2.81. The minimum absolute atomic E-state index is 0. The average molecular weight is 497 g/mol. The lowest BCUT2D eigenvalue weighted by atomic mass is 10.1. The van der Waals surface area contributed by atoms with E-state index in [4.69, 9.17) is 0 Å². The molecule has 0 amide bonds. The van der Waals surface area contributed by atoms with Crippen molar-refractivity contribution in [1.82, 2.24) is 10.2 Å². The SMILES string of the molecule is Cl.Oc1c(Br)cc(Br)c([C@@H](CF)N2CCNCC2)c1Br. The van der Waals surface area contributed by atoms with Crippen molar-refractivity contribution in [3.63, 3.8) is 0 Å². The summed E-state index contributed by atoms with van der Waals surface area (Å²) in [5.41, 5.74) is 0.755. The number of aromatic hydroxyl groups is 1. The third kappa shape index (κ3) is 3.87. The Morgan fingerprint density at radius 2 is 1.85 bits per heavy atom. The number of rotatable bonds is 3. The van der Waals surface area contributed by atoms with Crippen molar-refractivity contribution in [2.24, 2.45) is 0 Å². The lowest BCUT2D eigenvalue weighted by molar-refractivity contribution is 0.146. The van der Waals surface area contributed by atoms with E-state index in [0.717, 1.165) is 36.2 Å². The maximum atomic E-state index is 13.5. The van der Waals surface area contributed by atoms with Crippen molar-refractivity contribution in [2.45, 2.75) is 6.04 Å². The molecule has 1 heterocycles. The number of nitrogens with one attached hydrogen (secondary N) is 1. The van der Waals surface area contributed by atoms with Crippen LogP contribution < -0.4 is 5.32 Å². The highest BCUT2D eigenvalue weighted by Gasteiger charge is 2.27. The van der Waals surface area contributed by atoms with Crippen molar-refractivity contribution in [1.29, 1.82) is 0 Å². The minimum Gasteiger partial charge on any atom is -0.506 e. The van der Waals surface area contributed by atoms with Gasteiger partial charge in [-0.15, -0.1) is 12.4 Å². The van der Waals surface area contributed by atoms with Gasteiger partial charge >= 0.3 is 0 Å². The summed E-state index contributed by atoms with van der Waals surface area (Å²) < 4.78 is 15.4. The first-order chi connectivity index (χ1) is 9.06. The second kappa shape index (κ2) is 8.29. The molecule has 1 saturated heterocycles. The van der Waals surface area contributed by atoms with Crippen LogP contribution in [0.4, 0.5) is 4.39 Å². The topological polar surface area (TPSA) is 35.5 Å². The first-order valence-corrected chi connectivity index (χ1v) is 8.31. The van der Waals surface area contributed by atoms with E-state index in [-0.39, 0.29) is 24.2 Å². The Bertz CT molecular complexity index is 473. The molecule has 8 heteroatoms. The van der Waals surface area contributed by atoms with Gasteiger partial charge in [-0.1, -0.05) is 15.9 Å². The average Bonchev–Trinajstić information content (AvgIpc) is 2.42. The third-order valence-corrected chi connectivity index (χ3v) is 5.32. The van der Waals surface area contributed by atoms with Gasteiger partial charge in [0.25, 0.3) is 0 Å². The van der Waals surface area contributed by atoms with E-state index in [1.165, 1.54) is 0 Å². The molecule has 1 fully saturated rings. The second-order valence-electron chi connectivity index (χ2n) is 4.37. The van der Waals surface area contributed by atoms with Crippen molar-refractivity contribution in [3.05, 3.63) is 25.0 Å². The predicted molar refractivity (Wildman–Crippen MR) is 91.6 cm³/mol. The molecule has 2 N–H and O–H groups in total. The Kier molecular flexibility index (Phi) is 7.73. The molecule has 1 aromatic carbocycles. The molecule has 0 aliphatic carbocycles. The Morgan fingerprint density at radius 3 is 2.40 bits per heavy atom. The molecule has 114 valence electrons. The smallest absolute Gasteiger partial charge is 0.144 e. The molecule has 0 spiro atoms. The van der Waals surface area contributed by atoms with Crippen LogP contribution in [0.25, 0.3) is 0 Å². The van der Waals surface area contributed by atoms with E-state index in [9.17, 15) is 9.50 Å². The summed E-state index contributed by atoms with van der Waals surface area (Å²) in [7, 11) is 0. The van der Waals surface area contributed by atoms with Gasteiger partial charge in [0, 0.05) is 36.2 Å². The van der Waals surface area contributed by atoms with Gasteiger partial charge in [0.05, 0.1) is 15.0 Å². The highest BCUT2D eigenvalue weighted by molar-refractivity contribution is 9.11. The normalized spacial score (nSPS) is 17.6. The molecular formula is C12H15Br3ClFN2O. The van der Waals surface area contributed by atoms with E-state index in [0.29, 0.717) is 8.95 Å². The Labute approximate surface area is 149 Å². The van der Waals surface area contributed by atoms with E-state index < -0.39 is 6.67 Å². The zero-order valence-electron chi connectivity index (χ0n) is 10.5. The number of benzene rings is 1. The summed E-state index contributed by atoms with van der Waals surface area (Å²) in [5.74, 6) is 0.104. The molecule has 1 aromatic rings. The fraction of sp³-hybridized carbons (Fsp3) is 0.500. The fourth-order valence-corrected chi connectivity index (χ4v) is 4.90. The van der Waals surface area contributed by atoms with E-state index >= 15 is 0 Å². The van der Waals surface area contributed by atoms with Crippen molar-refractivity contribution in [2.75, 3.05) is 32.9 Å². The number of hydrogen-bond acceptors (Lipinski definition) is 3. The van der Waals surface area contributed by atoms with Crippen LogP contribution in [0.2, 0.25) is 0 Å². The molecule has 20 heavy (non-hydrogen) atoms. The van der Waals surface area contributed by atoms with Crippen LogP contribution in [-0.2, 0) is 0 Å². The summed E-state index contributed by atoms with van der Waals surface area (Å²) in [4.78, 5) is 2.09. The van der Waals surface area contributed by atoms with Crippen LogP contribution >= 0.6 is 60.2 Å². The Hall–Kier alpha value is 0.600. The van der Waals surface area contributed by atoms with Crippen LogP contribution in [0, 0.1) is 0 Å². The van der Waals surface area contributed by atoms with Gasteiger partial charge in [-0.3, -0.25) is 4.90 Å². The van der Waals surface area contributed by atoms with E-state index in [2.05, 4.69) is 58.0 Å². The molecular weight excluding hydrogens is 482 g/mol. The van der Waals surface area contributed by atoms with Gasteiger partial charge < -0.3 is 10.4 Å². The third-order valence-electron chi connectivity index (χ3n) is 3.25. The molecule has 1 aliphatic heterocycles. The van der Waals surface area contributed by atoms with Crippen LogP contribution in [0.5, 0.6) is 5.75 Å². The Morgan fingerprint density at radius 1 is 1.25 bits per heavy atom. The second-order valence-corrected chi connectivity index (χ2v) is 6.87. The number of phenols is 1. The summed E-state index contributed by atoms with van der Waals surface area (Å²) in [5, 5.41) is 13.2. The van der Waals surface area contributed by atoms with Gasteiger partial charge in [-0.25, -0.2) is 4.39 Å². The first-order valence-electron chi connectivity index (χ1n) is 5.93. The number of phenolic OH excluding ortho intramolecular Hbond substituents is 1. The minimum atomic E-state index is -0.488. The van der Waals surface area contributed by atoms with Crippen molar-refractivity contribution < 1.29 is 9.50 Å². The zero-order valence-corrected chi connectivity index (χ0v) is 16.1. The van der Waals surface area contributed by atoms with Gasteiger partial charge in [0.2, 0.25) is 0 Å². The maximum absolute atomic E-state index is 13.5. The maximum Gasteiger partial charge on any atom is 0.144 e. The zero-order chi connectivity index (χ0) is 14.0. The molecule has 0 unspecified atom stereocenters.